The van der Waals surface area contributed by atoms with Crippen molar-refractivity contribution in [3.05, 3.63) is 64.4 Å². The fourth-order valence-electron chi connectivity index (χ4n) is 1.57. The first-order valence-corrected chi connectivity index (χ1v) is 5.32. The highest BCUT2D eigenvalue weighted by Crippen LogP contribution is 2.21. The van der Waals surface area contributed by atoms with Gasteiger partial charge in [0, 0.05) is 17.1 Å². The molecule has 0 amide bonds. The van der Waals surface area contributed by atoms with Gasteiger partial charge in [-0.25, -0.2) is 4.39 Å². The van der Waals surface area contributed by atoms with Gasteiger partial charge in [0.05, 0.1) is 0 Å². The Morgan fingerprint density at radius 3 is 2.50 bits per heavy atom. The molecule has 2 N–H and O–H groups in total. The van der Waals surface area contributed by atoms with Crippen LogP contribution in [0.25, 0.3) is 0 Å². The molecule has 0 unspecified atom stereocenters. The van der Waals surface area contributed by atoms with Crippen molar-refractivity contribution in [2.45, 2.75) is 6.42 Å². The van der Waals surface area contributed by atoms with Gasteiger partial charge in [-0.15, -0.1) is 0 Å². The number of hydrogen-bond acceptors (Lipinski definition) is 1. The molecule has 2 rings (SSSR count). The first kappa shape index (κ1) is 11.0. The lowest BCUT2D eigenvalue weighted by atomic mass is 10.0. The predicted octanol–water partition coefficient (Wildman–Crippen LogP) is 3.65. The summed E-state index contributed by atoms with van der Waals surface area (Å²) in [6, 6.07) is 11.9. The third-order valence-electron chi connectivity index (χ3n) is 2.45. The van der Waals surface area contributed by atoms with E-state index in [0.29, 0.717) is 22.7 Å². The predicted molar refractivity (Wildman–Crippen MR) is 65.1 cm³/mol. The van der Waals surface area contributed by atoms with E-state index in [1.807, 2.05) is 12.1 Å². The quantitative estimate of drug-likeness (QED) is 0.790. The van der Waals surface area contributed by atoms with Crippen LogP contribution in [0.4, 0.5) is 10.1 Å². The summed E-state index contributed by atoms with van der Waals surface area (Å²) in [5.74, 6) is -0.211. The zero-order valence-corrected chi connectivity index (χ0v) is 9.34. The lowest BCUT2D eigenvalue weighted by Gasteiger charge is -2.07. The summed E-state index contributed by atoms with van der Waals surface area (Å²) in [7, 11) is 0. The average Bonchev–Trinajstić information content (AvgIpc) is 2.25. The van der Waals surface area contributed by atoms with E-state index >= 15 is 0 Å². The monoisotopic (exact) mass is 235 g/mol. The summed E-state index contributed by atoms with van der Waals surface area (Å²) in [6.07, 6.45) is 0.482. The van der Waals surface area contributed by atoms with Crippen LogP contribution in [0.15, 0.2) is 42.5 Å². The summed E-state index contributed by atoms with van der Waals surface area (Å²) in [5, 5.41) is 0.592. The molecule has 0 saturated carbocycles. The lowest BCUT2D eigenvalue weighted by Crippen LogP contribution is -1.97. The standard InChI is InChI=1S/C13H11ClFN/c14-11-6-5-10(13(16)8-11)7-9-3-1-2-4-12(9)15/h1-6,8H,7,16H2. The molecule has 0 spiro atoms. The van der Waals surface area contributed by atoms with Gasteiger partial charge < -0.3 is 5.73 Å². The zero-order valence-electron chi connectivity index (χ0n) is 8.58. The van der Waals surface area contributed by atoms with Crippen LogP contribution >= 0.6 is 11.6 Å². The Hall–Kier alpha value is -1.54. The first-order chi connectivity index (χ1) is 7.66. The maximum atomic E-state index is 13.4. The van der Waals surface area contributed by atoms with Crippen molar-refractivity contribution < 1.29 is 4.39 Å². The summed E-state index contributed by atoms with van der Waals surface area (Å²) in [5.41, 5.74) is 7.93. The number of nitrogens with two attached hydrogens (primary N) is 1. The van der Waals surface area contributed by atoms with Crippen molar-refractivity contribution in [1.29, 1.82) is 0 Å². The van der Waals surface area contributed by atoms with Crippen LogP contribution in [0.1, 0.15) is 11.1 Å². The van der Waals surface area contributed by atoms with Crippen LogP contribution in [0.3, 0.4) is 0 Å². The highest BCUT2D eigenvalue weighted by atomic mass is 35.5. The molecule has 0 radical (unpaired) electrons. The van der Waals surface area contributed by atoms with E-state index in [1.54, 1.807) is 24.3 Å². The Morgan fingerprint density at radius 2 is 1.81 bits per heavy atom. The Balaban J connectivity index is 2.31. The van der Waals surface area contributed by atoms with Crippen LogP contribution in [-0.2, 0) is 6.42 Å². The fourth-order valence-corrected chi connectivity index (χ4v) is 1.75. The number of hydrogen-bond donors (Lipinski definition) is 1. The molecule has 0 aliphatic carbocycles. The summed E-state index contributed by atoms with van der Waals surface area (Å²) in [4.78, 5) is 0. The van der Waals surface area contributed by atoms with Gasteiger partial charge in [-0.05, 0) is 29.3 Å². The molecule has 0 saturated heterocycles. The molecule has 82 valence electrons. The van der Waals surface area contributed by atoms with E-state index in [0.717, 1.165) is 5.56 Å². The molecule has 0 aromatic heterocycles. The number of rotatable bonds is 2. The van der Waals surface area contributed by atoms with Gasteiger partial charge in [-0.1, -0.05) is 35.9 Å². The molecule has 1 nitrogen and oxygen atoms in total. The zero-order chi connectivity index (χ0) is 11.5. The maximum Gasteiger partial charge on any atom is 0.126 e. The summed E-state index contributed by atoms with van der Waals surface area (Å²) < 4.78 is 13.4. The van der Waals surface area contributed by atoms with Crippen molar-refractivity contribution in [2.75, 3.05) is 5.73 Å². The van der Waals surface area contributed by atoms with Crippen molar-refractivity contribution in [1.82, 2.24) is 0 Å². The second-order valence-corrected chi connectivity index (χ2v) is 4.05. The van der Waals surface area contributed by atoms with Crippen molar-refractivity contribution in [2.24, 2.45) is 0 Å². The summed E-state index contributed by atoms with van der Waals surface area (Å²) >= 11 is 5.80. The van der Waals surface area contributed by atoms with Crippen LogP contribution in [0.5, 0.6) is 0 Å². The second-order valence-electron chi connectivity index (χ2n) is 3.61. The smallest absolute Gasteiger partial charge is 0.126 e. The molecule has 0 aliphatic heterocycles. The topological polar surface area (TPSA) is 26.0 Å². The number of anilines is 1. The fraction of sp³-hybridized carbons (Fsp3) is 0.0769. The molecule has 0 atom stereocenters. The third kappa shape index (κ3) is 2.34. The molecule has 3 heteroatoms. The third-order valence-corrected chi connectivity index (χ3v) is 2.68. The van der Waals surface area contributed by atoms with Crippen molar-refractivity contribution >= 4 is 17.3 Å². The van der Waals surface area contributed by atoms with Crippen molar-refractivity contribution in [3.8, 4) is 0 Å². The highest BCUT2D eigenvalue weighted by molar-refractivity contribution is 6.30. The molecule has 2 aromatic rings. The lowest BCUT2D eigenvalue weighted by molar-refractivity contribution is 0.614. The van der Waals surface area contributed by atoms with E-state index in [4.69, 9.17) is 17.3 Å². The average molecular weight is 236 g/mol. The molecular weight excluding hydrogens is 225 g/mol. The Bertz CT molecular complexity index is 511. The Kier molecular flexibility index (Phi) is 3.11. The van der Waals surface area contributed by atoms with Gasteiger partial charge in [0.1, 0.15) is 5.82 Å². The van der Waals surface area contributed by atoms with Crippen LogP contribution in [0.2, 0.25) is 5.02 Å². The van der Waals surface area contributed by atoms with Crippen LogP contribution in [0, 0.1) is 5.82 Å². The minimum atomic E-state index is -0.211. The second kappa shape index (κ2) is 4.54. The minimum absolute atomic E-state index is 0.211. The molecule has 16 heavy (non-hydrogen) atoms. The van der Waals surface area contributed by atoms with Gasteiger partial charge in [0.15, 0.2) is 0 Å². The maximum absolute atomic E-state index is 13.4. The first-order valence-electron chi connectivity index (χ1n) is 4.94. The van der Waals surface area contributed by atoms with Gasteiger partial charge in [-0.3, -0.25) is 0 Å². The Labute approximate surface area is 98.7 Å². The highest BCUT2D eigenvalue weighted by Gasteiger charge is 2.05. The van der Waals surface area contributed by atoms with E-state index < -0.39 is 0 Å². The number of benzene rings is 2. The van der Waals surface area contributed by atoms with E-state index in [-0.39, 0.29) is 5.82 Å². The van der Waals surface area contributed by atoms with Crippen molar-refractivity contribution in [3.63, 3.8) is 0 Å². The molecule has 0 heterocycles. The van der Waals surface area contributed by atoms with Gasteiger partial charge >= 0.3 is 0 Å². The SMILES string of the molecule is Nc1cc(Cl)ccc1Cc1ccccc1F. The molecule has 2 aromatic carbocycles. The van der Waals surface area contributed by atoms with Gasteiger partial charge in [0.2, 0.25) is 0 Å². The summed E-state index contributed by atoms with van der Waals surface area (Å²) in [6.45, 7) is 0. The minimum Gasteiger partial charge on any atom is -0.398 e. The van der Waals surface area contributed by atoms with E-state index in [1.165, 1.54) is 6.07 Å². The van der Waals surface area contributed by atoms with Gasteiger partial charge in [0.25, 0.3) is 0 Å². The van der Waals surface area contributed by atoms with Gasteiger partial charge in [-0.2, -0.15) is 0 Å². The number of halogens is 2. The van der Waals surface area contributed by atoms with Crippen LogP contribution in [-0.4, -0.2) is 0 Å². The largest absolute Gasteiger partial charge is 0.398 e. The number of nitrogen functional groups attached to an aromatic ring is 1. The Morgan fingerprint density at radius 1 is 1.06 bits per heavy atom. The van der Waals surface area contributed by atoms with E-state index in [9.17, 15) is 4.39 Å². The molecule has 0 aliphatic rings. The molecule has 0 fully saturated rings. The normalized spacial score (nSPS) is 10.4. The molecule has 0 bridgehead atoms. The van der Waals surface area contributed by atoms with Crippen LogP contribution < -0.4 is 5.73 Å². The van der Waals surface area contributed by atoms with E-state index in [2.05, 4.69) is 0 Å². The molecular formula is C13H11ClFN.